The van der Waals surface area contributed by atoms with Gasteiger partial charge in [0.25, 0.3) is 0 Å². The molecular formula is C3H9Cl2NS. The molecule has 1 heterocycles. The van der Waals surface area contributed by atoms with E-state index in [-0.39, 0.29) is 24.8 Å². The highest BCUT2D eigenvalue weighted by Crippen LogP contribution is 1.99. The molecule has 0 radical (unpaired) electrons. The van der Waals surface area contributed by atoms with Crippen molar-refractivity contribution in [1.82, 2.24) is 5.32 Å². The number of halogens is 2. The van der Waals surface area contributed by atoms with E-state index in [0.717, 1.165) is 0 Å². The normalized spacial score (nSPS) is 17.1. The summed E-state index contributed by atoms with van der Waals surface area (Å²) in [6.45, 7) is 1.21. The Labute approximate surface area is 60.4 Å². The summed E-state index contributed by atoms with van der Waals surface area (Å²) in [5.41, 5.74) is 0. The predicted molar refractivity (Wildman–Crippen MR) is 39.8 cm³/mol. The highest BCUT2D eigenvalue weighted by Gasteiger charge is 1.93. The molecule has 0 saturated carbocycles. The number of rotatable bonds is 0. The SMILES string of the molecule is C1CSCN1.Cl.Cl. The van der Waals surface area contributed by atoms with E-state index in [1.54, 1.807) is 0 Å². The van der Waals surface area contributed by atoms with Crippen LogP contribution in [0.4, 0.5) is 0 Å². The molecule has 1 N–H and O–H groups in total. The van der Waals surface area contributed by atoms with E-state index in [9.17, 15) is 0 Å². The summed E-state index contributed by atoms with van der Waals surface area (Å²) in [5.74, 6) is 2.47. The Morgan fingerprint density at radius 3 is 2.14 bits per heavy atom. The molecule has 1 aliphatic heterocycles. The fraction of sp³-hybridized carbons (Fsp3) is 1.00. The molecule has 0 spiro atoms. The second-order valence-electron chi connectivity index (χ2n) is 1.05. The molecule has 0 amide bonds. The van der Waals surface area contributed by atoms with Crippen molar-refractivity contribution in [2.45, 2.75) is 0 Å². The van der Waals surface area contributed by atoms with Crippen LogP contribution >= 0.6 is 36.6 Å². The third-order valence-corrected chi connectivity index (χ3v) is 1.53. The number of hydrogen-bond donors (Lipinski definition) is 1. The number of hydrogen-bond acceptors (Lipinski definition) is 2. The van der Waals surface area contributed by atoms with E-state index in [4.69, 9.17) is 0 Å². The van der Waals surface area contributed by atoms with Crippen molar-refractivity contribution in [3.63, 3.8) is 0 Å². The fourth-order valence-corrected chi connectivity index (χ4v) is 1.08. The van der Waals surface area contributed by atoms with Gasteiger partial charge in [0.05, 0.1) is 0 Å². The average molecular weight is 162 g/mol. The summed E-state index contributed by atoms with van der Waals surface area (Å²) in [5, 5.41) is 3.19. The fourth-order valence-electron chi connectivity index (χ4n) is 0.361. The molecule has 0 aromatic heterocycles. The quantitative estimate of drug-likeness (QED) is 0.572. The molecule has 0 atom stereocenters. The molecule has 0 aromatic carbocycles. The third-order valence-electron chi connectivity index (χ3n) is 0.627. The van der Waals surface area contributed by atoms with Gasteiger partial charge in [-0.3, -0.25) is 0 Å². The molecule has 1 fully saturated rings. The van der Waals surface area contributed by atoms with Gasteiger partial charge in [-0.2, -0.15) is 0 Å². The van der Waals surface area contributed by atoms with Gasteiger partial charge in [0.1, 0.15) is 0 Å². The van der Waals surface area contributed by atoms with Crippen molar-refractivity contribution in [2.75, 3.05) is 18.2 Å². The zero-order valence-corrected chi connectivity index (χ0v) is 6.30. The molecule has 0 bridgehead atoms. The van der Waals surface area contributed by atoms with Crippen LogP contribution in [-0.2, 0) is 0 Å². The second-order valence-corrected chi connectivity index (χ2v) is 2.16. The van der Waals surface area contributed by atoms with E-state index >= 15 is 0 Å². The first-order valence-electron chi connectivity index (χ1n) is 1.78. The number of nitrogens with one attached hydrogen (secondary N) is 1. The maximum absolute atomic E-state index is 3.19. The Morgan fingerprint density at radius 2 is 2.00 bits per heavy atom. The van der Waals surface area contributed by atoms with Crippen LogP contribution in [0.2, 0.25) is 0 Å². The van der Waals surface area contributed by atoms with Gasteiger partial charge in [0.2, 0.25) is 0 Å². The molecule has 7 heavy (non-hydrogen) atoms. The van der Waals surface area contributed by atoms with Crippen LogP contribution in [0.5, 0.6) is 0 Å². The van der Waals surface area contributed by atoms with E-state index in [1.807, 2.05) is 11.8 Å². The molecule has 46 valence electrons. The van der Waals surface area contributed by atoms with Gasteiger partial charge in [-0.25, -0.2) is 0 Å². The van der Waals surface area contributed by atoms with Gasteiger partial charge in [0.15, 0.2) is 0 Å². The zero-order valence-electron chi connectivity index (χ0n) is 3.85. The van der Waals surface area contributed by atoms with Crippen LogP contribution in [-0.4, -0.2) is 18.2 Å². The van der Waals surface area contributed by atoms with Crippen LogP contribution < -0.4 is 5.32 Å². The van der Waals surface area contributed by atoms with Crippen LogP contribution in [0, 0.1) is 0 Å². The molecule has 1 nitrogen and oxygen atoms in total. The van der Waals surface area contributed by atoms with Gasteiger partial charge >= 0.3 is 0 Å². The summed E-state index contributed by atoms with van der Waals surface area (Å²) < 4.78 is 0. The first-order valence-corrected chi connectivity index (χ1v) is 2.94. The maximum Gasteiger partial charge on any atom is 0.0418 e. The summed E-state index contributed by atoms with van der Waals surface area (Å²) in [4.78, 5) is 0. The van der Waals surface area contributed by atoms with Crippen molar-refractivity contribution in [1.29, 1.82) is 0 Å². The molecule has 1 rings (SSSR count). The van der Waals surface area contributed by atoms with Gasteiger partial charge in [-0.15, -0.1) is 36.6 Å². The molecule has 0 aliphatic carbocycles. The van der Waals surface area contributed by atoms with Gasteiger partial charge in [-0.05, 0) is 0 Å². The summed E-state index contributed by atoms with van der Waals surface area (Å²) >= 11 is 1.96. The van der Waals surface area contributed by atoms with Crippen LogP contribution in [0.3, 0.4) is 0 Å². The van der Waals surface area contributed by atoms with Crippen molar-refractivity contribution in [3.05, 3.63) is 0 Å². The average Bonchev–Trinajstić information content (AvgIpc) is 1.76. The van der Waals surface area contributed by atoms with E-state index in [0.29, 0.717) is 0 Å². The molecule has 4 heteroatoms. The molecule has 1 saturated heterocycles. The van der Waals surface area contributed by atoms with Crippen molar-refractivity contribution in [3.8, 4) is 0 Å². The Hall–Kier alpha value is 0.890. The lowest BCUT2D eigenvalue weighted by Gasteiger charge is -1.74. The zero-order chi connectivity index (χ0) is 3.54. The monoisotopic (exact) mass is 161 g/mol. The Morgan fingerprint density at radius 1 is 1.29 bits per heavy atom. The third kappa shape index (κ3) is 4.75. The minimum atomic E-state index is 0. The van der Waals surface area contributed by atoms with Crippen molar-refractivity contribution < 1.29 is 0 Å². The first kappa shape index (κ1) is 10.8. The second kappa shape index (κ2) is 6.89. The summed E-state index contributed by atoms with van der Waals surface area (Å²) in [7, 11) is 0. The molecule has 1 aliphatic rings. The lowest BCUT2D eigenvalue weighted by molar-refractivity contribution is 0.885. The van der Waals surface area contributed by atoms with E-state index < -0.39 is 0 Å². The van der Waals surface area contributed by atoms with Crippen molar-refractivity contribution >= 4 is 36.6 Å². The molecule has 0 unspecified atom stereocenters. The summed E-state index contributed by atoms with van der Waals surface area (Å²) in [6, 6.07) is 0. The van der Waals surface area contributed by atoms with Crippen LogP contribution in [0.1, 0.15) is 0 Å². The number of thioether (sulfide) groups is 1. The lowest BCUT2D eigenvalue weighted by Crippen LogP contribution is -2.04. The van der Waals surface area contributed by atoms with E-state index in [1.165, 1.54) is 18.2 Å². The standard InChI is InChI=1S/C3H7NS.2ClH/c1-2-5-3-4-1;;/h4H,1-3H2;2*1H. The molecular weight excluding hydrogens is 153 g/mol. The molecule has 0 aromatic rings. The Bertz CT molecular complexity index is 24.5. The predicted octanol–water partition coefficient (Wildman–Crippen LogP) is 1.12. The van der Waals surface area contributed by atoms with Gasteiger partial charge < -0.3 is 5.32 Å². The summed E-state index contributed by atoms with van der Waals surface area (Å²) in [6.07, 6.45) is 0. The van der Waals surface area contributed by atoms with E-state index in [2.05, 4.69) is 5.32 Å². The van der Waals surface area contributed by atoms with Crippen LogP contribution in [0.25, 0.3) is 0 Å². The Balaban J connectivity index is 0. The minimum Gasteiger partial charge on any atom is -0.307 e. The van der Waals surface area contributed by atoms with Crippen molar-refractivity contribution in [2.24, 2.45) is 0 Å². The first-order chi connectivity index (χ1) is 2.50. The highest BCUT2D eigenvalue weighted by atomic mass is 35.5. The topological polar surface area (TPSA) is 12.0 Å². The highest BCUT2D eigenvalue weighted by molar-refractivity contribution is 7.99. The van der Waals surface area contributed by atoms with Gasteiger partial charge in [-0.1, -0.05) is 0 Å². The van der Waals surface area contributed by atoms with Crippen LogP contribution in [0.15, 0.2) is 0 Å². The van der Waals surface area contributed by atoms with Gasteiger partial charge in [0, 0.05) is 18.2 Å². The Kier molecular flexibility index (Phi) is 10.6. The lowest BCUT2D eigenvalue weighted by atomic mass is 10.8. The largest absolute Gasteiger partial charge is 0.307 e. The smallest absolute Gasteiger partial charge is 0.0418 e. The minimum absolute atomic E-state index is 0. The maximum atomic E-state index is 3.19.